The number of nitrogens with one attached hydrogen (secondary N) is 2. The van der Waals surface area contributed by atoms with E-state index in [0.717, 1.165) is 0 Å². The third-order valence-electron chi connectivity index (χ3n) is 5.13. The van der Waals surface area contributed by atoms with Crippen LogP contribution in [0.2, 0.25) is 0 Å². The molecule has 11 nitrogen and oxygen atoms in total. The number of benzene rings is 1. The Bertz CT molecular complexity index is 718. The maximum Gasteiger partial charge on any atom is 0.257 e. The normalized spacial score (nSPS) is 29.7. The highest BCUT2D eigenvalue weighted by Crippen LogP contribution is 2.46. The van der Waals surface area contributed by atoms with Gasteiger partial charge in [0.05, 0.1) is 6.04 Å². The Morgan fingerprint density at radius 1 is 1.21 bits per heavy atom. The minimum absolute atomic E-state index is 0.0151. The molecule has 0 radical (unpaired) electrons. The van der Waals surface area contributed by atoms with Gasteiger partial charge in [0, 0.05) is 24.1 Å². The predicted molar refractivity (Wildman–Crippen MR) is 97.7 cm³/mol. The lowest BCUT2D eigenvalue weighted by atomic mass is 10.0. The molecule has 11 heteroatoms. The molecular formula is C18H27N3O8. The van der Waals surface area contributed by atoms with Crippen LogP contribution in [0.25, 0.3) is 0 Å². The van der Waals surface area contributed by atoms with Crippen LogP contribution in [0.3, 0.4) is 0 Å². The fourth-order valence-corrected chi connectivity index (χ4v) is 3.72. The van der Waals surface area contributed by atoms with Crippen LogP contribution in [0.5, 0.6) is 5.75 Å². The number of rotatable bonds is 7. The number of aliphatic hydroxyl groups excluding tert-OH is 5. The Hall–Kier alpha value is -1.83. The molecule has 1 aromatic rings. The average molecular weight is 413 g/mol. The van der Waals surface area contributed by atoms with Gasteiger partial charge in [-0.25, -0.2) is 4.90 Å². The summed E-state index contributed by atoms with van der Waals surface area (Å²) in [6.45, 7) is -0.291. The summed E-state index contributed by atoms with van der Waals surface area (Å²) in [6.07, 6.45) is -5.30. The van der Waals surface area contributed by atoms with E-state index in [1.807, 2.05) is 0 Å². The van der Waals surface area contributed by atoms with Crippen LogP contribution in [-0.4, -0.2) is 79.4 Å². The molecule has 0 saturated carbocycles. The molecule has 29 heavy (non-hydrogen) atoms. The third kappa shape index (κ3) is 4.85. The number of carbonyl (C=O) groups is 1. The predicted octanol–water partition coefficient (Wildman–Crippen LogP) is -2.43. The zero-order valence-electron chi connectivity index (χ0n) is 15.7. The van der Waals surface area contributed by atoms with Crippen molar-refractivity contribution in [2.45, 2.75) is 56.5 Å². The molecule has 3 rings (SSSR count). The van der Waals surface area contributed by atoms with E-state index in [-0.39, 0.29) is 25.3 Å². The number of amides is 1. The molecule has 5 atom stereocenters. The number of piperidine rings is 1. The molecule has 1 amide bonds. The second-order valence-corrected chi connectivity index (χ2v) is 7.13. The summed E-state index contributed by atoms with van der Waals surface area (Å²) in [6, 6.07) is 4.16. The summed E-state index contributed by atoms with van der Waals surface area (Å²) in [4.78, 5) is 13.2. The number of carbonyl (C=O) groups excluding carboxylic acids is 1. The molecule has 2 aliphatic heterocycles. The minimum atomic E-state index is -1.51. The lowest BCUT2D eigenvalue weighted by Crippen LogP contribution is -2.57. The number of fused-ring (bicyclic) bond motifs is 1. The van der Waals surface area contributed by atoms with Crippen LogP contribution < -0.4 is 15.4 Å². The molecule has 0 aliphatic carbocycles. The topological polar surface area (TPSA) is 175 Å². The van der Waals surface area contributed by atoms with E-state index in [1.54, 1.807) is 18.2 Å². The van der Waals surface area contributed by atoms with E-state index < -0.39 is 43.2 Å². The van der Waals surface area contributed by atoms with E-state index in [1.165, 1.54) is 4.90 Å². The summed E-state index contributed by atoms with van der Waals surface area (Å²) in [5.41, 5.74) is 0.703. The van der Waals surface area contributed by atoms with Crippen molar-refractivity contribution < 1.29 is 40.2 Å². The molecule has 162 valence electrons. The quantitative estimate of drug-likeness (QED) is 0.224. The largest absolute Gasteiger partial charge is 0.483 e. The van der Waals surface area contributed by atoms with Gasteiger partial charge in [0.1, 0.15) is 30.7 Å². The first-order valence-corrected chi connectivity index (χ1v) is 9.43. The van der Waals surface area contributed by atoms with Crippen LogP contribution in [0, 0.1) is 0 Å². The van der Waals surface area contributed by atoms with Crippen molar-refractivity contribution in [3.8, 4) is 5.75 Å². The highest BCUT2D eigenvalue weighted by molar-refractivity contribution is 5.77. The van der Waals surface area contributed by atoms with Crippen LogP contribution in [0.15, 0.2) is 18.2 Å². The second kappa shape index (κ2) is 9.32. The average Bonchev–Trinajstić information content (AvgIpc) is 2.91. The molecule has 1 saturated heterocycles. The molecule has 1 fully saturated rings. The molecule has 5 unspecified atom stereocenters. The summed E-state index contributed by atoms with van der Waals surface area (Å²) in [5, 5.41) is 64.0. The molecule has 0 bridgehead atoms. The lowest BCUT2D eigenvalue weighted by Gasteiger charge is -2.40. The van der Waals surface area contributed by atoms with Crippen LogP contribution in [-0.2, 0) is 4.79 Å². The number of ether oxygens (including phenoxy) is 1. The van der Waals surface area contributed by atoms with Gasteiger partial charge in [-0.15, -0.1) is 0 Å². The van der Waals surface area contributed by atoms with Crippen molar-refractivity contribution >= 4 is 5.91 Å². The number of aliphatic hydroxyl groups is 6. The first-order valence-electron chi connectivity index (χ1n) is 9.43. The monoisotopic (exact) mass is 413 g/mol. The van der Waals surface area contributed by atoms with E-state index in [9.17, 15) is 25.2 Å². The minimum Gasteiger partial charge on any atom is -0.483 e. The zero-order chi connectivity index (χ0) is 21.1. The fraction of sp³-hybridized carbons (Fsp3) is 0.611. The summed E-state index contributed by atoms with van der Waals surface area (Å²) < 4.78 is 5.51. The summed E-state index contributed by atoms with van der Waals surface area (Å²) >= 11 is 0. The van der Waals surface area contributed by atoms with Crippen molar-refractivity contribution in [3.05, 3.63) is 29.3 Å². The fourth-order valence-electron chi connectivity index (χ4n) is 3.72. The first-order chi connectivity index (χ1) is 13.8. The third-order valence-corrected chi connectivity index (χ3v) is 5.13. The van der Waals surface area contributed by atoms with Gasteiger partial charge in [-0.3, -0.25) is 10.1 Å². The summed E-state index contributed by atoms with van der Waals surface area (Å²) in [5.74, 6) is -0.263. The molecule has 2 aliphatic rings. The Morgan fingerprint density at radius 3 is 2.66 bits per heavy atom. The van der Waals surface area contributed by atoms with Gasteiger partial charge in [0.15, 0.2) is 12.9 Å². The van der Waals surface area contributed by atoms with E-state index in [2.05, 4.69) is 10.6 Å². The Labute approximate surface area is 167 Å². The van der Waals surface area contributed by atoms with Gasteiger partial charge in [0.25, 0.3) is 5.91 Å². The van der Waals surface area contributed by atoms with E-state index in [4.69, 9.17) is 14.9 Å². The second-order valence-electron chi connectivity index (χ2n) is 7.13. The zero-order valence-corrected chi connectivity index (χ0v) is 15.7. The lowest BCUT2D eigenvalue weighted by molar-refractivity contribution is -0.159. The SMILES string of the molecule is O=C(COc1cccc2c1C(O)N(C1CCC(O)NC1O)C2O)NCCC(O)O. The van der Waals surface area contributed by atoms with Gasteiger partial charge in [-0.05, 0) is 18.9 Å². The number of nitrogens with zero attached hydrogens (tertiary/aromatic N) is 1. The smallest absolute Gasteiger partial charge is 0.257 e. The Morgan fingerprint density at radius 2 is 1.97 bits per heavy atom. The van der Waals surface area contributed by atoms with Crippen molar-refractivity contribution in [2.75, 3.05) is 13.2 Å². The van der Waals surface area contributed by atoms with Crippen molar-refractivity contribution in [1.82, 2.24) is 15.5 Å². The van der Waals surface area contributed by atoms with Gasteiger partial charge in [-0.1, -0.05) is 12.1 Å². The number of hydrogen-bond donors (Lipinski definition) is 8. The van der Waals surface area contributed by atoms with Gasteiger partial charge < -0.3 is 40.7 Å². The Kier molecular flexibility index (Phi) is 7.03. The highest BCUT2D eigenvalue weighted by atomic mass is 16.5. The number of hydrogen-bond acceptors (Lipinski definition) is 10. The molecule has 2 heterocycles. The van der Waals surface area contributed by atoms with Gasteiger partial charge in [0.2, 0.25) is 0 Å². The highest BCUT2D eigenvalue weighted by Gasteiger charge is 2.46. The van der Waals surface area contributed by atoms with Gasteiger partial charge >= 0.3 is 0 Å². The van der Waals surface area contributed by atoms with Crippen molar-refractivity contribution in [1.29, 1.82) is 0 Å². The van der Waals surface area contributed by atoms with E-state index in [0.29, 0.717) is 24.0 Å². The van der Waals surface area contributed by atoms with Crippen LogP contribution in [0.1, 0.15) is 42.8 Å². The molecular weight excluding hydrogens is 386 g/mol. The molecule has 8 N–H and O–H groups in total. The van der Waals surface area contributed by atoms with Crippen LogP contribution in [0.4, 0.5) is 0 Å². The van der Waals surface area contributed by atoms with Crippen LogP contribution >= 0.6 is 0 Å². The molecule has 0 spiro atoms. The molecule has 1 aromatic carbocycles. The van der Waals surface area contributed by atoms with Crippen molar-refractivity contribution in [2.24, 2.45) is 0 Å². The summed E-state index contributed by atoms with van der Waals surface area (Å²) in [7, 11) is 0. The standard InChI is InChI=1S/C18H27N3O8/c22-12-5-4-10(16(26)20-12)21-17(27)9-2-1-3-11(15(9)18(21)28)29-8-13(23)19-7-6-14(24)25/h1-3,10,12,14,16-18,20,22,24-28H,4-8H2,(H,19,23). The maximum atomic E-state index is 11.8. The van der Waals surface area contributed by atoms with E-state index >= 15 is 0 Å². The Balaban J connectivity index is 1.69. The first kappa shape index (κ1) is 21.9. The molecule has 0 aromatic heterocycles. The van der Waals surface area contributed by atoms with Gasteiger partial charge in [-0.2, -0.15) is 0 Å². The maximum absolute atomic E-state index is 11.8. The van der Waals surface area contributed by atoms with Crippen molar-refractivity contribution in [3.63, 3.8) is 0 Å².